The second-order valence-electron chi connectivity index (χ2n) is 4.78. The van der Waals surface area contributed by atoms with Gasteiger partial charge in [-0.25, -0.2) is 0 Å². The van der Waals surface area contributed by atoms with Gasteiger partial charge in [0.1, 0.15) is 0 Å². The summed E-state index contributed by atoms with van der Waals surface area (Å²) in [7, 11) is 1.58. The molecular weight excluding hydrogens is 242 g/mol. The van der Waals surface area contributed by atoms with E-state index in [2.05, 4.69) is 20.4 Å². The van der Waals surface area contributed by atoms with Gasteiger partial charge in [0.05, 0.1) is 0 Å². The molecule has 0 aliphatic carbocycles. The summed E-state index contributed by atoms with van der Waals surface area (Å²) >= 11 is 0. The molecule has 2 heterocycles. The number of nitrogens with one attached hydrogen (secondary N) is 1. The van der Waals surface area contributed by atoms with Crippen LogP contribution in [0.4, 0.5) is 5.82 Å². The van der Waals surface area contributed by atoms with Crippen LogP contribution in [0.2, 0.25) is 0 Å². The van der Waals surface area contributed by atoms with Crippen molar-refractivity contribution in [1.82, 2.24) is 15.5 Å². The van der Waals surface area contributed by atoms with Crippen molar-refractivity contribution in [2.24, 2.45) is 5.73 Å². The van der Waals surface area contributed by atoms with E-state index < -0.39 is 0 Å². The molecule has 0 saturated carbocycles. The van der Waals surface area contributed by atoms with E-state index in [9.17, 15) is 4.79 Å². The van der Waals surface area contributed by atoms with Crippen LogP contribution in [-0.2, 0) is 0 Å². The van der Waals surface area contributed by atoms with Crippen molar-refractivity contribution < 1.29 is 4.79 Å². The van der Waals surface area contributed by atoms with Gasteiger partial charge in [-0.15, -0.1) is 10.2 Å². The van der Waals surface area contributed by atoms with E-state index in [1.54, 1.807) is 13.1 Å². The average molecular weight is 263 g/mol. The first-order valence-electron chi connectivity index (χ1n) is 6.78. The number of anilines is 1. The molecule has 0 aromatic carbocycles. The molecule has 1 amide bonds. The first-order chi connectivity index (χ1) is 9.26. The van der Waals surface area contributed by atoms with Crippen LogP contribution in [0, 0.1) is 0 Å². The second kappa shape index (κ2) is 6.47. The molecule has 0 spiro atoms. The van der Waals surface area contributed by atoms with Gasteiger partial charge in [0.25, 0.3) is 5.91 Å². The van der Waals surface area contributed by atoms with Crippen LogP contribution < -0.4 is 16.0 Å². The molecule has 0 bridgehead atoms. The summed E-state index contributed by atoms with van der Waals surface area (Å²) in [6, 6.07) is 4.03. The van der Waals surface area contributed by atoms with Crippen LogP contribution in [0.5, 0.6) is 0 Å². The second-order valence-corrected chi connectivity index (χ2v) is 4.78. The van der Waals surface area contributed by atoms with Crippen molar-refractivity contribution in [2.75, 3.05) is 25.0 Å². The summed E-state index contributed by atoms with van der Waals surface area (Å²) in [5.74, 6) is 0.627. The quantitative estimate of drug-likeness (QED) is 0.828. The van der Waals surface area contributed by atoms with Gasteiger partial charge in [0.15, 0.2) is 11.5 Å². The Morgan fingerprint density at radius 3 is 2.95 bits per heavy atom. The Labute approximate surface area is 113 Å². The number of amides is 1. The largest absolute Gasteiger partial charge is 0.354 e. The SMILES string of the molecule is CNC(=O)c1ccc(N2CCCCC2CCN)nn1. The number of hydrogen-bond acceptors (Lipinski definition) is 5. The van der Waals surface area contributed by atoms with Gasteiger partial charge in [-0.1, -0.05) is 0 Å². The van der Waals surface area contributed by atoms with Crippen LogP contribution in [-0.4, -0.2) is 42.3 Å². The standard InChI is InChI=1S/C13H21N5O/c1-15-13(19)11-5-6-12(17-16-11)18-9-3-2-4-10(18)7-8-14/h5-6,10H,2-4,7-9,14H2,1H3,(H,15,19). The third kappa shape index (κ3) is 3.20. The summed E-state index contributed by atoms with van der Waals surface area (Å²) in [5, 5.41) is 10.7. The molecule has 6 heteroatoms. The molecule has 1 aromatic rings. The fourth-order valence-corrected chi connectivity index (χ4v) is 2.52. The van der Waals surface area contributed by atoms with E-state index in [1.165, 1.54) is 12.8 Å². The molecule has 1 atom stereocenters. The Hall–Kier alpha value is -1.69. The number of piperidine rings is 1. The van der Waals surface area contributed by atoms with Crippen LogP contribution in [0.25, 0.3) is 0 Å². The number of nitrogens with zero attached hydrogens (tertiary/aromatic N) is 3. The highest BCUT2D eigenvalue weighted by Gasteiger charge is 2.23. The number of nitrogens with two attached hydrogens (primary N) is 1. The van der Waals surface area contributed by atoms with Crippen molar-refractivity contribution in [3.05, 3.63) is 17.8 Å². The Bertz CT molecular complexity index is 418. The van der Waals surface area contributed by atoms with Gasteiger partial charge >= 0.3 is 0 Å². The van der Waals surface area contributed by atoms with Gasteiger partial charge in [-0.2, -0.15) is 0 Å². The molecule has 19 heavy (non-hydrogen) atoms. The molecule has 0 radical (unpaired) electrons. The average Bonchev–Trinajstić information content (AvgIpc) is 2.47. The first kappa shape index (κ1) is 13.7. The zero-order valence-electron chi connectivity index (χ0n) is 11.3. The lowest BCUT2D eigenvalue weighted by Crippen LogP contribution is -2.41. The predicted octanol–water partition coefficient (Wildman–Crippen LogP) is 0.544. The molecule has 1 aliphatic heterocycles. The summed E-state index contributed by atoms with van der Waals surface area (Å²) in [6.45, 7) is 1.67. The Morgan fingerprint density at radius 2 is 2.32 bits per heavy atom. The van der Waals surface area contributed by atoms with E-state index in [-0.39, 0.29) is 5.91 Å². The van der Waals surface area contributed by atoms with Crippen molar-refractivity contribution >= 4 is 11.7 Å². The molecule has 1 unspecified atom stereocenters. The summed E-state index contributed by atoms with van der Waals surface area (Å²) < 4.78 is 0. The lowest BCUT2D eigenvalue weighted by Gasteiger charge is -2.36. The molecule has 2 rings (SSSR count). The molecule has 104 valence electrons. The molecule has 1 aromatic heterocycles. The Morgan fingerprint density at radius 1 is 1.47 bits per heavy atom. The van der Waals surface area contributed by atoms with Crippen molar-refractivity contribution in [1.29, 1.82) is 0 Å². The topological polar surface area (TPSA) is 84.1 Å². The van der Waals surface area contributed by atoms with Gasteiger partial charge in [0, 0.05) is 19.6 Å². The van der Waals surface area contributed by atoms with Gasteiger partial charge < -0.3 is 16.0 Å². The molecule has 1 fully saturated rings. The van der Waals surface area contributed by atoms with Crippen molar-refractivity contribution in [3.8, 4) is 0 Å². The van der Waals surface area contributed by atoms with Crippen LogP contribution in [0.1, 0.15) is 36.2 Å². The maximum atomic E-state index is 11.4. The normalized spacial score (nSPS) is 19.3. The zero-order chi connectivity index (χ0) is 13.7. The molecule has 1 saturated heterocycles. The third-order valence-corrected chi connectivity index (χ3v) is 3.53. The number of carbonyl (C=O) groups excluding carboxylic acids is 1. The van der Waals surface area contributed by atoms with E-state index in [1.807, 2.05) is 6.07 Å². The van der Waals surface area contributed by atoms with Crippen molar-refractivity contribution in [2.45, 2.75) is 31.7 Å². The van der Waals surface area contributed by atoms with E-state index in [0.717, 1.165) is 25.2 Å². The lowest BCUT2D eigenvalue weighted by molar-refractivity contribution is 0.0957. The summed E-state index contributed by atoms with van der Waals surface area (Å²) in [6.07, 6.45) is 4.53. The minimum atomic E-state index is -0.212. The smallest absolute Gasteiger partial charge is 0.271 e. The molecule has 3 N–H and O–H groups in total. The maximum absolute atomic E-state index is 11.4. The summed E-state index contributed by atoms with van der Waals surface area (Å²) in [4.78, 5) is 13.7. The molecule has 6 nitrogen and oxygen atoms in total. The van der Waals surface area contributed by atoms with E-state index in [0.29, 0.717) is 18.3 Å². The maximum Gasteiger partial charge on any atom is 0.271 e. The number of carbonyl (C=O) groups is 1. The van der Waals surface area contributed by atoms with Gasteiger partial charge in [0.2, 0.25) is 0 Å². The Kier molecular flexibility index (Phi) is 4.68. The van der Waals surface area contributed by atoms with Gasteiger partial charge in [-0.3, -0.25) is 4.79 Å². The van der Waals surface area contributed by atoms with Crippen LogP contribution in [0.3, 0.4) is 0 Å². The number of rotatable bonds is 4. The zero-order valence-corrected chi connectivity index (χ0v) is 11.3. The highest BCUT2D eigenvalue weighted by Crippen LogP contribution is 2.24. The van der Waals surface area contributed by atoms with E-state index >= 15 is 0 Å². The monoisotopic (exact) mass is 263 g/mol. The first-order valence-corrected chi connectivity index (χ1v) is 6.78. The fourth-order valence-electron chi connectivity index (χ4n) is 2.52. The van der Waals surface area contributed by atoms with E-state index in [4.69, 9.17) is 5.73 Å². The lowest BCUT2D eigenvalue weighted by atomic mass is 9.99. The minimum absolute atomic E-state index is 0.212. The molecule has 1 aliphatic rings. The third-order valence-electron chi connectivity index (χ3n) is 3.53. The summed E-state index contributed by atoms with van der Waals surface area (Å²) in [5.41, 5.74) is 6.01. The highest BCUT2D eigenvalue weighted by molar-refractivity contribution is 5.91. The van der Waals surface area contributed by atoms with Crippen LogP contribution in [0.15, 0.2) is 12.1 Å². The Balaban J connectivity index is 2.13. The number of aromatic nitrogens is 2. The number of hydrogen-bond donors (Lipinski definition) is 2. The minimum Gasteiger partial charge on any atom is -0.354 e. The predicted molar refractivity (Wildman–Crippen MR) is 74.1 cm³/mol. The van der Waals surface area contributed by atoms with Gasteiger partial charge in [-0.05, 0) is 44.4 Å². The fraction of sp³-hybridized carbons (Fsp3) is 0.615. The highest BCUT2D eigenvalue weighted by atomic mass is 16.1. The van der Waals surface area contributed by atoms with Crippen molar-refractivity contribution in [3.63, 3.8) is 0 Å². The molecular formula is C13H21N5O. The van der Waals surface area contributed by atoms with Crippen LogP contribution >= 0.6 is 0 Å².